The normalized spacial score (nSPS) is 11.0. The summed E-state index contributed by atoms with van der Waals surface area (Å²) in [5.41, 5.74) is -0.0527. The van der Waals surface area contributed by atoms with Crippen LogP contribution in [0.4, 0.5) is 0 Å². The summed E-state index contributed by atoms with van der Waals surface area (Å²) in [5.74, 6) is -1.04. The number of carbonyl (C=O) groups excluding carboxylic acids is 2. The molecule has 0 saturated carbocycles. The number of nitriles is 2. The van der Waals surface area contributed by atoms with E-state index in [9.17, 15) is 9.59 Å². The van der Waals surface area contributed by atoms with Crippen molar-refractivity contribution in [3.8, 4) is 12.1 Å². The first-order valence-electron chi connectivity index (χ1n) is 6.45. The monoisotopic (exact) mass is 304 g/mol. The Kier molecular flexibility index (Phi) is 8.49. The molecule has 0 fully saturated rings. The summed E-state index contributed by atoms with van der Waals surface area (Å²) in [7, 11) is 6.80. The molecule has 22 heavy (non-hydrogen) atoms. The number of hydrogen-bond donors (Lipinski definition) is 2. The molecular formula is C14H20N6O2. The molecule has 0 saturated heterocycles. The predicted octanol–water partition coefficient (Wildman–Crippen LogP) is -0.843. The first kappa shape index (κ1) is 19.0. The molecule has 0 spiro atoms. The fourth-order valence-electron chi connectivity index (χ4n) is 1.34. The molecule has 8 heteroatoms. The maximum absolute atomic E-state index is 11.7. The van der Waals surface area contributed by atoms with Gasteiger partial charge in [0.2, 0.25) is 0 Å². The fourth-order valence-corrected chi connectivity index (χ4v) is 1.34. The highest BCUT2D eigenvalue weighted by Crippen LogP contribution is 1.95. The molecule has 0 radical (unpaired) electrons. The largest absolute Gasteiger partial charge is 0.382 e. The Hall–Kier alpha value is -3.00. The average Bonchev–Trinajstić information content (AvgIpc) is 2.45. The van der Waals surface area contributed by atoms with Gasteiger partial charge in [-0.1, -0.05) is 0 Å². The number of nitrogens with one attached hydrogen (secondary N) is 2. The lowest BCUT2D eigenvalue weighted by Crippen LogP contribution is -2.36. The summed E-state index contributed by atoms with van der Waals surface area (Å²) in [6.45, 7) is 0.301. The third kappa shape index (κ3) is 7.56. The highest BCUT2D eigenvalue weighted by Gasteiger charge is 2.10. The molecule has 8 nitrogen and oxygen atoms in total. The third-order valence-electron chi connectivity index (χ3n) is 2.20. The van der Waals surface area contributed by atoms with Crippen molar-refractivity contribution in [2.24, 2.45) is 0 Å². The quantitative estimate of drug-likeness (QED) is 0.360. The van der Waals surface area contributed by atoms with E-state index < -0.39 is 11.8 Å². The Labute approximate surface area is 130 Å². The highest BCUT2D eigenvalue weighted by atomic mass is 16.2. The summed E-state index contributed by atoms with van der Waals surface area (Å²) in [6.07, 6.45) is 2.81. The van der Waals surface area contributed by atoms with Gasteiger partial charge in [-0.25, -0.2) is 0 Å². The van der Waals surface area contributed by atoms with Crippen LogP contribution < -0.4 is 10.6 Å². The second-order valence-electron chi connectivity index (χ2n) is 4.75. The standard InChI is InChI=1S/C14H20N6O2/c1-19(2)9-11(7-15)13(21)17-5-6-18-14(22)12(8-16)10-20(3)4/h9-10H,5-6H2,1-4H3,(H,17,21)(H,18,22)/b11-9+,12-10+. The van der Waals surface area contributed by atoms with Gasteiger partial charge in [-0.15, -0.1) is 0 Å². The van der Waals surface area contributed by atoms with Gasteiger partial charge in [-0.3, -0.25) is 9.59 Å². The number of rotatable bonds is 7. The molecule has 0 heterocycles. The van der Waals surface area contributed by atoms with Gasteiger partial charge in [0.05, 0.1) is 0 Å². The van der Waals surface area contributed by atoms with E-state index in [1.807, 2.05) is 0 Å². The maximum Gasteiger partial charge on any atom is 0.263 e. The lowest BCUT2D eigenvalue weighted by molar-refractivity contribution is -0.118. The van der Waals surface area contributed by atoms with Crippen LogP contribution in [-0.4, -0.2) is 62.9 Å². The molecule has 0 aromatic heterocycles. The third-order valence-corrected chi connectivity index (χ3v) is 2.20. The van der Waals surface area contributed by atoms with Crippen molar-refractivity contribution in [2.45, 2.75) is 0 Å². The molecule has 118 valence electrons. The van der Waals surface area contributed by atoms with E-state index in [1.165, 1.54) is 12.4 Å². The summed E-state index contributed by atoms with van der Waals surface area (Å²) >= 11 is 0. The number of hydrogen-bond acceptors (Lipinski definition) is 6. The van der Waals surface area contributed by atoms with Crippen molar-refractivity contribution in [3.63, 3.8) is 0 Å². The van der Waals surface area contributed by atoms with E-state index in [4.69, 9.17) is 10.5 Å². The number of carbonyl (C=O) groups is 2. The Morgan fingerprint density at radius 2 is 1.18 bits per heavy atom. The number of amides is 2. The Morgan fingerprint density at radius 3 is 1.41 bits per heavy atom. The molecule has 0 aromatic rings. The predicted molar refractivity (Wildman–Crippen MR) is 80.8 cm³/mol. The molecule has 0 bridgehead atoms. The molecule has 0 aliphatic rings. The Balaban J connectivity index is 4.34. The van der Waals surface area contributed by atoms with Gasteiger partial charge < -0.3 is 20.4 Å². The Bertz CT molecular complexity index is 499. The zero-order valence-corrected chi connectivity index (χ0v) is 13.2. The average molecular weight is 304 g/mol. The van der Waals surface area contributed by atoms with Crippen molar-refractivity contribution in [1.29, 1.82) is 10.5 Å². The fraction of sp³-hybridized carbons (Fsp3) is 0.429. The van der Waals surface area contributed by atoms with Crippen LogP contribution in [0.2, 0.25) is 0 Å². The first-order valence-corrected chi connectivity index (χ1v) is 6.45. The summed E-state index contributed by atoms with van der Waals surface area (Å²) in [4.78, 5) is 26.5. The van der Waals surface area contributed by atoms with Crippen LogP contribution in [0.25, 0.3) is 0 Å². The van der Waals surface area contributed by atoms with E-state index in [1.54, 1.807) is 50.1 Å². The van der Waals surface area contributed by atoms with Gasteiger partial charge in [-0.05, 0) is 0 Å². The summed E-state index contributed by atoms with van der Waals surface area (Å²) in [6, 6.07) is 3.59. The van der Waals surface area contributed by atoms with Gasteiger partial charge in [0.15, 0.2) is 0 Å². The summed E-state index contributed by atoms with van der Waals surface area (Å²) in [5, 5.41) is 22.7. The molecular weight excluding hydrogens is 284 g/mol. The second-order valence-corrected chi connectivity index (χ2v) is 4.75. The lowest BCUT2D eigenvalue weighted by atomic mass is 10.3. The molecule has 0 unspecified atom stereocenters. The number of nitrogens with zero attached hydrogens (tertiary/aromatic N) is 4. The minimum Gasteiger partial charge on any atom is -0.382 e. The molecule has 0 aliphatic heterocycles. The van der Waals surface area contributed by atoms with E-state index >= 15 is 0 Å². The minimum atomic E-state index is -0.519. The summed E-state index contributed by atoms with van der Waals surface area (Å²) < 4.78 is 0. The second kappa shape index (κ2) is 9.83. The van der Waals surface area contributed by atoms with Crippen molar-refractivity contribution in [3.05, 3.63) is 23.5 Å². The smallest absolute Gasteiger partial charge is 0.263 e. The molecule has 0 aromatic carbocycles. The van der Waals surface area contributed by atoms with Crippen LogP contribution >= 0.6 is 0 Å². The molecule has 2 N–H and O–H groups in total. The van der Waals surface area contributed by atoms with Gasteiger partial charge in [0.1, 0.15) is 23.3 Å². The maximum atomic E-state index is 11.7. The van der Waals surface area contributed by atoms with Crippen molar-refractivity contribution in [2.75, 3.05) is 41.3 Å². The molecule has 0 rings (SSSR count). The minimum absolute atomic E-state index is 0.0263. The zero-order valence-electron chi connectivity index (χ0n) is 13.2. The molecule has 0 aliphatic carbocycles. The van der Waals surface area contributed by atoms with Gasteiger partial charge >= 0.3 is 0 Å². The molecule has 0 atom stereocenters. The zero-order chi connectivity index (χ0) is 17.1. The van der Waals surface area contributed by atoms with Crippen LogP contribution in [0.5, 0.6) is 0 Å². The van der Waals surface area contributed by atoms with Crippen LogP contribution in [-0.2, 0) is 9.59 Å². The van der Waals surface area contributed by atoms with Crippen molar-refractivity contribution >= 4 is 11.8 Å². The van der Waals surface area contributed by atoms with Crippen LogP contribution in [0.1, 0.15) is 0 Å². The van der Waals surface area contributed by atoms with Gasteiger partial charge in [0, 0.05) is 53.7 Å². The topological polar surface area (TPSA) is 112 Å². The van der Waals surface area contributed by atoms with Crippen LogP contribution in [0.3, 0.4) is 0 Å². The van der Waals surface area contributed by atoms with E-state index in [-0.39, 0.29) is 24.2 Å². The highest BCUT2D eigenvalue weighted by molar-refractivity contribution is 5.98. The first-order chi connectivity index (χ1) is 10.3. The SMILES string of the molecule is CN(C)/C=C(\C#N)C(=O)NCCNC(=O)/C(C#N)=C/N(C)C. The van der Waals surface area contributed by atoms with Crippen molar-refractivity contribution in [1.82, 2.24) is 20.4 Å². The lowest BCUT2D eigenvalue weighted by Gasteiger charge is -2.09. The van der Waals surface area contributed by atoms with E-state index in [2.05, 4.69) is 10.6 Å². The van der Waals surface area contributed by atoms with Crippen LogP contribution in [0, 0.1) is 22.7 Å². The Morgan fingerprint density at radius 1 is 0.864 bits per heavy atom. The van der Waals surface area contributed by atoms with E-state index in [0.717, 1.165) is 0 Å². The van der Waals surface area contributed by atoms with Crippen LogP contribution in [0.15, 0.2) is 23.5 Å². The van der Waals surface area contributed by atoms with Crippen molar-refractivity contribution < 1.29 is 9.59 Å². The van der Waals surface area contributed by atoms with Gasteiger partial charge in [0.25, 0.3) is 11.8 Å². The van der Waals surface area contributed by atoms with Gasteiger partial charge in [-0.2, -0.15) is 10.5 Å². The molecule has 2 amide bonds. The van der Waals surface area contributed by atoms with E-state index in [0.29, 0.717) is 0 Å².